The SMILES string of the molecule is CC(C)(C)[Si](OCC1COC(C(=O)O)C1)(c1ccccc1)c1ccccc1. The van der Waals surface area contributed by atoms with Gasteiger partial charge >= 0.3 is 5.97 Å². The van der Waals surface area contributed by atoms with Gasteiger partial charge in [0.05, 0.1) is 6.61 Å². The minimum Gasteiger partial charge on any atom is -0.479 e. The van der Waals surface area contributed by atoms with E-state index in [1.807, 2.05) is 12.1 Å². The lowest BCUT2D eigenvalue weighted by atomic mass is 10.1. The van der Waals surface area contributed by atoms with Crippen molar-refractivity contribution in [2.24, 2.45) is 5.92 Å². The van der Waals surface area contributed by atoms with Crippen LogP contribution in [0.5, 0.6) is 0 Å². The molecule has 1 N–H and O–H groups in total. The maximum absolute atomic E-state index is 11.2. The van der Waals surface area contributed by atoms with Gasteiger partial charge in [-0.25, -0.2) is 4.79 Å². The van der Waals surface area contributed by atoms with Crippen molar-refractivity contribution in [2.75, 3.05) is 13.2 Å². The summed E-state index contributed by atoms with van der Waals surface area (Å²) in [7, 11) is -2.57. The molecule has 0 aromatic heterocycles. The summed E-state index contributed by atoms with van der Waals surface area (Å²) in [5.41, 5.74) is 0. The maximum Gasteiger partial charge on any atom is 0.332 e. The van der Waals surface area contributed by atoms with Crippen LogP contribution in [0.25, 0.3) is 0 Å². The number of hydrogen-bond donors (Lipinski definition) is 1. The van der Waals surface area contributed by atoms with Crippen LogP contribution in [-0.2, 0) is 14.0 Å². The Labute approximate surface area is 162 Å². The highest BCUT2D eigenvalue weighted by molar-refractivity contribution is 6.99. The fourth-order valence-corrected chi connectivity index (χ4v) is 8.62. The maximum atomic E-state index is 11.2. The Morgan fingerprint density at radius 1 is 1.07 bits per heavy atom. The Bertz CT molecular complexity index is 715. The predicted molar refractivity (Wildman–Crippen MR) is 109 cm³/mol. The third kappa shape index (κ3) is 4.00. The lowest BCUT2D eigenvalue weighted by molar-refractivity contribution is -0.147. The molecule has 144 valence electrons. The summed E-state index contributed by atoms with van der Waals surface area (Å²) in [5, 5.41) is 11.6. The van der Waals surface area contributed by atoms with Crippen molar-refractivity contribution in [3.8, 4) is 0 Å². The average molecular weight is 385 g/mol. The van der Waals surface area contributed by atoms with Crippen LogP contribution >= 0.6 is 0 Å². The molecule has 3 rings (SSSR count). The molecule has 0 aliphatic carbocycles. The first-order valence-electron chi connectivity index (χ1n) is 9.44. The molecule has 0 spiro atoms. The number of carboxylic acids is 1. The van der Waals surface area contributed by atoms with E-state index in [1.165, 1.54) is 10.4 Å². The minimum absolute atomic E-state index is 0.0820. The summed E-state index contributed by atoms with van der Waals surface area (Å²) >= 11 is 0. The Morgan fingerprint density at radius 2 is 1.59 bits per heavy atom. The summed E-state index contributed by atoms with van der Waals surface area (Å²) < 4.78 is 12.3. The average Bonchev–Trinajstić information content (AvgIpc) is 3.12. The van der Waals surface area contributed by atoms with Gasteiger partial charge in [-0.1, -0.05) is 81.4 Å². The second-order valence-corrected chi connectivity index (χ2v) is 12.5. The van der Waals surface area contributed by atoms with Gasteiger partial charge in [-0.2, -0.15) is 0 Å². The van der Waals surface area contributed by atoms with Gasteiger partial charge in [-0.05, 0) is 21.8 Å². The van der Waals surface area contributed by atoms with Crippen molar-refractivity contribution in [1.82, 2.24) is 0 Å². The van der Waals surface area contributed by atoms with Gasteiger partial charge in [0.15, 0.2) is 6.10 Å². The van der Waals surface area contributed by atoms with Crippen LogP contribution in [0, 0.1) is 5.92 Å². The van der Waals surface area contributed by atoms with Crippen LogP contribution in [-0.4, -0.2) is 38.7 Å². The highest BCUT2D eigenvalue weighted by atomic mass is 28.4. The molecule has 1 aliphatic rings. The van der Waals surface area contributed by atoms with E-state index in [1.54, 1.807) is 0 Å². The van der Waals surface area contributed by atoms with Gasteiger partial charge in [0, 0.05) is 12.5 Å². The van der Waals surface area contributed by atoms with Gasteiger partial charge in [0.2, 0.25) is 0 Å². The number of hydrogen-bond acceptors (Lipinski definition) is 3. The molecule has 1 fully saturated rings. The molecule has 2 unspecified atom stereocenters. The third-order valence-electron chi connectivity index (χ3n) is 5.31. The molecular weight excluding hydrogens is 356 g/mol. The van der Waals surface area contributed by atoms with Crippen molar-refractivity contribution in [2.45, 2.75) is 38.3 Å². The summed E-state index contributed by atoms with van der Waals surface area (Å²) in [6, 6.07) is 21.0. The molecular formula is C22H28O4Si. The second kappa shape index (κ2) is 7.96. The van der Waals surface area contributed by atoms with Gasteiger partial charge in [0.1, 0.15) is 0 Å². The quantitative estimate of drug-likeness (QED) is 0.778. The Morgan fingerprint density at radius 3 is 2.00 bits per heavy atom. The highest BCUT2D eigenvalue weighted by Gasteiger charge is 2.50. The lowest BCUT2D eigenvalue weighted by Gasteiger charge is -2.43. The number of rotatable bonds is 6. The Balaban J connectivity index is 1.96. The van der Waals surface area contributed by atoms with Crippen molar-refractivity contribution in [1.29, 1.82) is 0 Å². The van der Waals surface area contributed by atoms with Gasteiger partial charge in [-0.3, -0.25) is 0 Å². The van der Waals surface area contributed by atoms with Gasteiger partial charge < -0.3 is 14.3 Å². The molecule has 4 nitrogen and oxygen atoms in total. The zero-order chi connectivity index (χ0) is 19.5. The van der Waals surface area contributed by atoms with Crippen LogP contribution in [0.15, 0.2) is 60.7 Å². The minimum atomic E-state index is -2.57. The van der Waals surface area contributed by atoms with E-state index in [2.05, 4.69) is 69.3 Å². The van der Waals surface area contributed by atoms with Crippen LogP contribution < -0.4 is 10.4 Å². The largest absolute Gasteiger partial charge is 0.479 e. The fourth-order valence-electron chi connectivity index (χ4n) is 3.98. The lowest BCUT2D eigenvalue weighted by Crippen LogP contribution is -2.66. The van der Waals surface area contributed by atoms with Crippen molar-refractivity contribution >= 4 is 24.7 Å². The zero-order valence-electron chi connectivity index (χ0n) is 16.2. The molecule has 5 heteroatoms. The molecule has 0 amide bonds. The van der Waals surface area contributed by atoms with E-state index in [0.29, 0.717) is 19.6 Å². The molecule has 0 bridgehead atoms. The highest BCUT2D eigenvalue weighted by Crippen LogP contribution is 2.37. The molecule has 0 radical (unpaired) electrons. The van der Waals surface area contributed by atoms with Crippen molar-refractivity contribution in [3.63, 3.8) is 0 Å². The summed E-state index contributed by atoms with van der Waals surface area (Å²) in [6.07, 6.45) is -0.203. The second-order valence-electron chi connectivity index (χ2n) is 8.24. The summed E-state index contributed by atoms with van der Waals surface area (Å²) in [5.74, 6) is -0.782. The van der Waals surface area contributed by atoms with E-state index in [-0.39, 0.29) is 11.0 Å². The van der Waals surface area contributed by atoms with Crippen molar-refractivity contribution in [3.05, 3.63) is 60.7 Å². The number of carbonyl (C=O) groups is 1. The Hall–Kier alpha value is -1.95. The number of ether oxygens (including phenoxy) is 1. The standard InChI is InChI=1S/C22H28O4Si/c1-22(2,3)27(18-10-6-4-7-11-18,19-12-8-5-9-13-19)26-16-17-14-20(21(23)24)25-15-17/h4-13,17,20H,14-16H2,1-3H3,(H,23,24). The van der Waals surface area contributed by atoms with Gasteiger partial charge in [0.25, 0.3) is 8.32 Å². The molecule has 2 aromatic carbocycles. The van der Waals surface area contributed by atoms with Gasteiger partial charge in [-0.15, -0.1) is 0 Å². The first-order valence-corrected chi connectivity index (χ1v) is 11.3. The van der Waals surface area contributed by atoms with E-state index < -0.39 is 20.4 Å². The monoisotopic (exact) mass is 384 g/mol. The van der Waals surface area contributed by atoms with Crippen LogP contribution in [0.3, 0.4) is 0 Å². The first kappa shape index (κ1) is 19.8. The number of benzene rings is 2. The summed E-state index contributed by atoms with van der Waals surface area (Å²) in [6.45, 7) is 7.67. The number of carboxylic acid groups (broad SMARTS) is 1. The fraction of sp³-hybridized carbons (Fsp3) is 0.409. The van der Waals surface area contributed by atoms with E-state index >= 15 is 0 Å². The molecule has 0 saturated carbocycles. The van der Waals surface area contributed by atoms with E-state index in [4.69, 9.17) is 9.16 Å². The van der Waals surface area contributed by atoms with E-state index in [0.717, 1.165) is 0 Å². The molecule has 2 atom stereocenters. The molecule has 1 saturated heterocycles. The number of aliphatic carboxylic acids is 1. The predicted octanol–water partition coefficient (Wildman–Crippen LogP) is 3.05. The topological polar surface area (TPSA) is 55.8 Å². The van der Waals surface area contributed by atoms with Crippen molar-refractivity contribution < 1.29 is 19.1 Å². The normalized spacial score (nSPS) is 20.6. The van der Waals surface area contributed by atoms with E-state index in [9.17, 15) is 9.90 Å². The summed E-state index contributed by atoms with van der Waals surface area (Å²) in [4.78, 5) is 11.2. The molecule has 27 heavy (non-hydrogen) atoms. The molecule has 1 aliphatic heterocycles. The first-order chi connectivity index (χ1) is 12.8. The smallest absolute Gasteiger partial charge is 0.332 e. The van der Waals surface area contributed by atoms with Crippen LogP contribution in [0.4, 0.5) is 0 Å². The third-order valence-corrected chi connectivity index (χ3v) is 10.3. The molecule has 1 heterocycles. The van der Waals surface area contributed by atoms with Crippen LogP contribution in [0.2, 0.25) is 5.04 Å². The van der Waals surface area contributed by atoms with Crippen LogP contribution in [0.1, 0.15) is 27.2 Å². The zero-order valence-corrected chi connectivity index (χ0v) is 17.2. The Kier molecular flexibility index (Phi) is 5.84. The molecule has 2 aromatic rings.